The molecule has 0 aliphatic heterocycles. The number of aryl methyl sites for hydroxylation is 1. The molecule has 0 spiro atoms. The van der Waals surface area contributed by atoms with E-state index in [0.717, 1.165) is 24.0 Å². The Morgan fingerprint density at radius 2 is 2.12 bits per heavy atom. The Labute approximate surface area is 188 Å². The Balaban J connectivity index is 1.35. The summed E-state index contributed by atoms with van der Waals surface area (Å²) in [7, 11) is 0. The van der Waals surface area contributed by atoms with Gasteiger partial charge in [-0.2, -0.15) is 20.0 Å². The maximum absolute atomic E-state index is 11.4. The molecule has 12 heteroatoms. The fourth-order valence-corrected chi connectivity index (χ4v) is 3.99. The van der Waals surface area contributed by atoms with Crippen LogP contribution in [-0.4, -0.2) is 51.7 Å². The third kappa shape index (κ3) is 4.20. The molecular formula is C21H21N11O. The maximum Gasteiger partial charge on any atom is 0.225 e. The van der Waals surface area contributed by atoms with Crippen molar-refractivity contribution in [3.63, 3.8) is 0 Å². The molecule has 3 N–H and O–H groups in total. The van der Waals surface area contributed by atoms with Crippen LogP contribution in [0.1, 0.15) is 25.7 Å². The summed E-state index contributed by atoms with van der Waals surface area (Å²) in [6.07, 6.45) is 9.65. The van der Waals surface area contributed by atoms with Gasteiger partial charge in [0.05, 0.1) is 31.4 Å². The number of hydrogen-bond acceptors (Lipinski definition) is 9. The second kappa shape index (κ2) is 8.62. The summed E-state index contributed by atoms with van der Waals surface area (Å²) in [5.41, 5.74) is 8.31. The molecule has 4 aromatic rings. The van der Waals surface area contributed by atoms with Gasteiger partial charge in [0.1, 0.15) is 0 Å². The number of aromatic nitrogens is 8. The van der Waals surface area contributed by atoms with Gasteiger partial charge in [0.15, 0.2) is 17.0 Å². The molecule has 1 fully saturated rings. The Bertz CT molecular complexity index is 1330. The highest BCUT2D eigenvalue weighted by molar-refractivity contribution is 5.77. The number of carbonyl (C=O) groups is 1. The van der Waals surface area contributed by atoms with Gasteiger partial charge in [-0.25, -0.2) is 9.97 Å². The molecule has 2 atom stereocenters. The summed E-state index contributed by atoms with van der Waals surface area (Å²) in [6, 6.07) is 5.96. The van der Waals surface area contributed by atoms with E-state index in [1.165, 1.54) is 0 Å². The van der Waals surface area contributed by atoms with Crippen molar-refractivity contribution in [1.82, 2.24) is 39.7 Å². The van der Waals surface area contributed by atoms with Crippen LogP contribution in [0.15, 0.2) is 36.9 Å². The molecule has 0 aromatic carbocycles. The van der Waals surface area contributed by atoms with Gasteiger partial charge in [0.2, 0.25) is 11.9 Å². The lowest BCUT2D eigenvalue weighted by Crippen LogP contribution is -2.23. The monoisotopic (exact) mass is 443 g/mol. The quantitative estimate of drug-likeness (QED) is 0.429. The minimum absolute atomic E-state index is 0.0933. The molecule has 0 radical (unpaired) electrons. The average molecular weight is 443 g/mol. The van der Waals surface area contributed by atoms with Crippen molar-refractivity contribution in [2.45, 2.75) is 38.3 Å². The van der Waals surface area contributed by atoms with Gasteiger partial charge >= 0.3 is 0 Å². The Morgan fingerprint density at radius 1 is 1.21 bits per heavy atom. The second-order valence-electron chi connectivity index (χ2n) is 7.96. The third-order valence-corrected chi connectivity index (χ3v) is 5.74. The molecule has 33 heavy (non-hydrogen) atoms. The standard InChI is InChI=1S/C21H21N11O/c22-6-1-7-31-12-15(10-26-31)14-3-5-18(24-9-14)32-20-17(29-30-32)11-25-21(28-20)27-16-4-2-13(8-16)19(23)33/h3,5,9-13,16H,1-2,4,7-8H2,(H2,23,33)(H,25,27,28). The molecule has 4 aromatic heterocycles. The fourth-order valence-electron chi connectivity index (χ4n) is 3.99. The first-order chi connectivity index (χ1) is 16.1. The van der Waals surface area contributed by atoms with Gasteiger partial charge in [-0.15, -0.1) is 5.10 Å². The van der Waals surface area contributed by atoms with E-state index in [0.29, 0.717) is 42.3 Å². The van der Waals surface area contributed by atoms with Gasteiger partial charge in [0, 0.05) is 35.5 Å². The highest BCUT2D eigenvalue weighted by atomic mass is 16.1. The van der Waals surface area contributed by atoms with Crippen LogP contribution >= 0.6 is 0 Å². The minimum Gasteiger partial charge on any atom is -0.369 e. The third-order valence-electron chi connectivity index (χ3n) is 5.74. The smallest absolute Gasteiger partial charge is 0.225 e. The fraction of sp³-hybridized carbons (Fsp3) is 0.333. The van der Waals surface area contributed by atoms with Gasteiger partial charge in [-0.1, -0.05) is 5.21 Å². The van der Waals surface area contributed by atoms with Crippen molar-refractivity contribution < 1.29 is 4.79 Å². The highest BCUT2D eigenvalue weighted by Crippen LogP contribution is 2.27. The van der Waals surface area contributed by atoms with Crippen molar-refractivity contribution in [2.75, 3.05) is 5.32 Å². The van der Waals surface area contributed by atoms with E-state index < -0.39 is 0 Å². The van der Waals surface area contributed by atoms with Gasteiger partial charge in [-0.3, -0.25) is 9.48 Å². The lowest BCUT2D eigenvalue weighted by Gasteiger charge is -2.12. The maximum atomic E-state index is 11.4. The first kappa shape index (κ1) is 20.5. The molecule has 0 saturated heterocycles. The van der Waals surface area contributed by atoms with Crippen LogP contribution in [0, 0.1) is 17.2 Å². The number of amides is 1. The lowest BCUT2D eigenvalue weighted by molar-refractivity contribution is -0.121. The number of rotatable bonds is 7. The van der Waals surface area contributed by atoms with E-state index >= 15 is 0 Å². The second-order valence-corrected chi connectivity index (χ2v) is 7.96. The Kier molecular flexibility index (Phi) is 5.35. The van der Waals surface area contributed by atoms with Crippen LogP contribution in [0.25, 0.3) is 28.1 Å². The number of hydrogen-bond donors (Lipinski definition) is 2. The number of carbonyl (C=O) groups excluding carboxylic acids is 1. The molecule has 2 unspecified atom stereocenters. The molecule has 1 aliphatic carbocycles. The van der Waals surface area contributed by atoms with Crippen molar-refractivity contribution in [3.05, 3.63) is 36.9 Å². The van der Waals surface area contributed by atoms with Gasteiger partial charge in [-0.05, 0) is 31.4 Å². The number of nitriles is 1. The Morgan fingerprint density at radius 3 is 2.88 bits per heavy atom. The van der Waals surface area contributed by atoms with Crippen LogP contribution in [-0.2, 0) is 11.3 Å². The summed E-state index contributed by atoms with van der Waals surface area (Å²) in [4.78, 5) is 24.8. The van der Waals surface area contributed by atoms with E-state index in [-0.39, 0.29) is 17.9 Å². The summed E-state index contributed by atoms with van der Waals surface area (Å²) in [5.74, 6) is 0.640. The van der Waals surface area contributed by atoms with Gasteiger partial charge < -0.3 is 11.1 Å². The zero-order valence-electron chi connectivity index (χ0n) is 17.7. The van der Waals surface area contributed by atoms with Crippen molar-refractivity contribution in [3.8, 4) is 23.0 Å². The first-order valence-corrected chi connectivity index (χ1v) is 10.6. The zero-order valence-corrected chi connectivity index (χ0v) is 17.7. The SMILES string of the molecule is N#CCCn1cc(-c2ccc(-n3nnc4cnc(NC5CCC(C(N)=O)C5)nc43)nc2)cn1. The number of nitrogens with one attached hydrogen (secondary N) is 1. The van der Waals surface area contributed by atoms with E-state index in [2.05, 4.69) is 41.7 Å². The van der Waals surface area contributed by atoms with Crippen LogP contribution in [0.3, 0.4) is 0 Å². The first-order valence-electron chi connectivity index (χ1n) is 10.6. The number of nitrogens with two attached hydrogens (primary N) is 1. The Hall–Kier alpha value is -4.40. The molecular weight excluding hydrogens is 422 g/mol. The molecule has 5 rings (SSSR count). The van der Waals surface area contributed by atoms with Crippen molar-refractivity contribution in [1.29, 1.82) is 5.26 Å². The van der Waals surface area contributed by atoms with E-state index in [4.69, 9.17) is 11.0 Å². The normalized spacial score (nSPS) is 17.8. The van der Waals surface area contributed by atoms with Crippen LogP contribution < -0.4 is 11.1 Å². The summed E-state index contributed by atoms with van der Waals surface area (Å²) in [5, 5.41) is 24.6. The van der Waals surface area contributed by atoms with Crippen molar-refractivity contribution >= 4 is 23.0 Å². The van der Waals surface area contributed by atoms with E-state index in [9.17, 15) is 4.79 Å². The molecule has 12 nitrogen and oxygen atoms in total. The summed E-state index contributed by atoms with van der Waals surface area (Å²) >= 11 is 0. The zero-order chi connectivity index (χ0) is 22.8. The number of primary amides is 1. The summed E-state index contributed by atoms with van der Waals surface area (Å²) in [6.45, 7) is 0.549. The van der Waals surface area contributed by atoms with Crippen LogP contribution in [0.2, 0.25) is 0 Å². The molecule has 1 aliphatic rings. The molecule has 1 amide bonds. The molecule has 4 heterocycles. The molecule has 1 saturated carbocycles. The number of nitrogens with zero attached hydrogens (tertiary/aromatic N) is 9. The van der Waals surface area contributed by atoms with E-state index in [1.54, 1.807) is 28.0 Å². The topological polar surface area (TPSA) is 166 Å². The predicted molar refractivity (Wildman–Crippen MR) is 118 cm³/mol. The van der Waals surface area contributed by atoms with Crippen LogP contribution in [0.4, 0.5) is 5.95 Å². The number of anilines is 1. The predicted octanol–water partition coefficient (Wildman–Crippen LogP) is 1.45. The number of pyridine rings is 1. The average Bonchev–Trinajstić information content (AvgIpc) is 3.57. The summed E-state index contributed by atoms with van der Waals surface area (Å²) < 4.78 is 3.29. The van der Waals surface area contributed by atoms with E-state index in [1.807, 2.05) is 18.3 Å². The van der Waals surface area contributed by atoms with Crippen molar-refractivity contribution in [2.24, 2.45) is 11.7 Å². The van der Waals surface area contributed by atoms with Crippen LogP contribution in [0.5, 0.6) is 0 Å². The minimum atomic E-state index is -0.262. The highest BCUT2D eigenvalue weighted by Gasteiger charge is 2.29. The molecule has 166 valence electrons. The van der Waals surface area contributed by atoms with Gasteiger partial charge in [0.25, 0.3) is 0 Å². The largest absolute Gasteiger partial charge is 0.369 e. The lowest BCUT2D eigenvalue weighted by atomic mass is 10.1. The molecule has 0 bridgehead atoms. The number of fused-ring (bicyclic) bond motifs is 1.